The van der Waals surface area contributed by atoms with Gasteiger partial charge in [0.15, 0.2) is 11.4 Å². The highest BCUT2D eigenvalue weighted by molar-refractivity contribution is 7.90. The minimum atomic E-state index is -4.70. The van der Waals surface area contributed by atoms with Crippen molar-refractivity contribution in [1.82, 2.24) is 19.6 Å². The molecule has 3 atom stereocenters. The molecule has 10 rings (SSSR count). The van der Waals surface area contributed by atoms with Gasteiger partial charge in [-0.25, -0.2) is 22.5 Å². The van der Waals surface area contributed by atoms with E-state index >= 15 is 0 Å². The summed E-state index contributed by atoms with van der Waals surface area (Å²) in [5, 5.41) is 16.0. The van der Waals surface area contributed by atoms with Gasteiger partial charge in [-0.15, -0.1) is 0 Å². The number of fused-ring (bicyclic) bond motifs is 2. The second-order valence-corrected chi connectivity index (χ2v) is 23.1. The van der Waals surface area contributed by atoms with Crippen LogP contribution in [0.4, 0.5) is 21.5 Å². The van der Waals surface area contributed by atoms with Gasteiger partial charge >= 0.3 is 0 Å². The molecular weight excluding hydrogens is 898 g/mol. The number of H-pyrrole nitrogens is 1. The van der Waals surface area contributed by atoms with E-state index < -0.39 is 37.3 Å². The number of nitrogens with one attached hydrogen (secondary N) is 3. The molecule has 0 radical (unpaired) electrons. The normalized spacial score (nSPS) is 22.5. The molecule has 1 amide bonds. The molecule has 3 aliphatic heterocycles. The number of aryl methyl sites for hydroxylation is 1. The van der Waals surface area contributed by atoms with Gasteiger partial charge in [-0.05, 0) is 116 Å². The van der Waals surface area contributed by atoms with Crippen LogP contribution in [0.3, 0.4) is 0 Å². The number of rotatable bonds is 12. The van der Waals surface area contributed by atoms with Crippen LogP contribution in [-0.4, -0.2) is 79.0 Å². The smallest absolute Gasteiger partial charge is 0.297 e. The molecule has 0 unspecified atom stereocenters. The number of halogens is 1. The first-order valence-corrected chi connectivity index (χ1v) is 26.3. The summed E-state index contributed by atoms with van der Waals surface area (Å²) >= 11 is 0. The number of pyridine rings is 1. The van der Waals surface area contributed by atoms with Crippen molar-refractivity contribution in [3.63, 3.8) is 0 Å². The van der Waals surface area contributed by atoms with Gasteiger partial charge in [-0.3, -0.25) is 19.8 Å². The van der Waals surface area contributed by atoms with E-state index in [1.165, 1.54) is 54.8 Å². The van der Waals surface area contributed by atoms with E-state index in [0.717, 1.165) is 76.5 Å². The van der Waals surface area contributed by atoms with E-state index in [-0.39, 0.29) is 63.3 Å². The zero-order chi connectivity index (χ0) is 48.4. The number of aromatic amines is 1. The highest BCUT2D eigenvalue weighted by Gasteiger charge is 2.49. The summed E-state index contributed by atoms with van der Waals surface area (Å²) in [6.07, 6.45) is 11.3. The predicted octanol–water partition coefficient (Wildman–Crippen LogP) is 10.8. The lowest BCUT2D eigenvalue weighted by molar-refractivity contribution is -0.384. The number of carbonyl (C=O) groups excluding carboxylic acids is 1. The Morgan fingerprint density at radius 1 is 1.01 bits per heavy atom. The predicted molar refractivity (Wildman–Crippen MR) is 265 cm³/mol. The fourth-order valence-electron chi connectivity index (χ4n) is 12.0. The number of nitrogens with zero attached hydrogens (tertiary/aromatic N) is 4. The van der Waals surface area contributed by atoms with Gasteiger partial charge in [0.2, 0.25) is 0 Å². The van der Waals surface area contributed by atoms with E-state index in [4.69, 9.17) is 9.47 Å². The molecule has 2 saturated carbocycles. The number of piperidine rings is 1. The van der Waals surface area contributed by atoms with Crippen molar-refractivity contribution >= 4 is 44.0 Å². The van der Waals surface area contributed by atoms with Gasteiger partial charge in [0, 0.05) is 62.3 Å². The van der Waals surface area contributed by atoms with Crippen molar-refractivity contribution in [3.8, 4) is 17.2 Å². The number of sulfonamides is 1. The molecule has 5 heterocycles. The number of hydrogen-bond acceptors (Lipinski definition) is 11. The van der Waals surface area contributed by atoms with Crippen LogP contribution in [0.1, 0.15) is 131 Å². The van der Waals surface area contributed by atoms with E-state index in [1.807, 2.05) is 6.92 Å². The molecule has 1 spiro atoms. The lowest BCUT2D eigenvalue weighted by Gasteiger charge is -2.57. The third-order valence-corrected chi connectivity index (χ3v) is 17.5. The Balaban J connectivity index is 0.883. The van der Waals surface area contributed by atoms with Gasteiger partial charge in [0.25, 0.3) is 21.6 Å². The van der Waals surface area contributed by atoms with Crippen molar-refractivity contribution in [2.75, 3.05) is 43.0 Å². The van der Waals surface area contributed by atoms with Gasteiger partial charge in [0.1, 0.15) is 29.6 Å². The number of ether oxygens (including phenoxy) is 2. The number of nitro groups is 1. The van der Waals surface area contributed by atoms with E-state index in [2.05, 4.69) is 81.8 Å². The number of amides is 1. The Morgan fingerprint density at radius 3 is 2.49 bits per heavy atom. The topological polar surface area (TPSA) is 172 Å². The van der Waals surface area contributed by atoms with Crippen LogP contribution in [0.2, 0.25) is 0 Å². The SMILES string of the molecule is CCc1nc2[nH]cc(F)c2cc1Oc1cc(N2CCC3(CC2)CN([C@@H]2CCC[C@@H]2c2ccccc2C(C)C)C3)ccc1C(=O)NS(=O)(=O)c1cc2c(c([N+](=O)[O-])c1)N[C@@H](C1CCC(C)(C)CC1)CO2. The van der Waals surface area contributed by atoms with Gasteiger partial charge in [-0.1, -0.05) is 65.3 Å². The molecule has 366 valence electrons. The van der Waals surface area contributed by atoms with Crippen molar-refractivity contribution in [2.45, 2.75) is 128 Å². The third kappa shape index (κ3) is 9.14. The summed E-state index contributed by atoms with van der Waals surface area (Å²) in [7, 11) is -4.70. The summed E-state index contributed by atoms with van der Waals surface area (Å²) in [5.74, 6) is 0.0576. The lowest BCUT2D eigenvalue weighted by atomic mass is 9.70. The number of nitro benzene ring substituents is 1. The van der Waals surface area contributed by atoms with E-state index in [1.54, 1.807) is 12.1 Å². The zero-order valence-electron chi connectivity index (χ0n) is 40.3. The first kappa shape index (κ1) is 47.0. The Bertz CT molecular complexity index is 2890. The molecule has 3 aromatic carbocycles. The summed E-state index contributed by atoms with van der Waals surface area (Å²) in [5.41, 5.74) is 4.65. The van der Waals surface area contributed by atoms with Crippen LogP contribution in [0.15, 0.2) is 71.8 Å². The minimum absolute atomic E-state index is 0.0258. The summed E-state index contributed by atoms with van der Waals surface area (Å²) < 4.78 is 57.8. The molecular formula is C53H64FN7O7S. The van der Waals surface area contributed by atoms with E-state index in [0.29, 0.717) is 35.6 Å². The molecule has 5 aliphatic rings. The largest absolute Gasteiger partial charge is 0.489 e. The molecule has 2 aliphatic carbocycles. The Hall–Kier alpha value is -5.74. The molecule has 2 aromatic heterocycles. The number of benzene rings is 3. The quantitative estimate of drug-likeness (QED) is 0.0803. The highest BCUT2D eigenvalue weighted by atomic mass is 32.2. The molecule has 2 saturated heterocycles. The minimum Gasteiger partial charge on any atom is -0.489 e. The Morgan fingerprint density at radius 2 is 1.77 bits per heavy atom. The summed E-state index contributed by atoms with van der Waals surface area (Å²) in [4.78, 5) is 38.0. The van der Waals surface area contributed by atoms with Gasteiger partial charge in [-0.2, -0.15) is 0 Å². The van der Waals surface area contributed by atoms with Crippen LogP contribution in [0.5, 0.6) is 17.2 Å². The second-order valence-electron chi connectivity index (χ2n) is 21.5. The monoisotopic (exact) mass is 961 g/mol. The molecule has 3 N–H and O–H groups in total. The summed E-state index contributed by atoms with van der Waals surface area (Å²) in [6, 6.07) is 18.1. The van der Waals surface area contributed by atoms with Crippen molar-refractivity contribution < 1.29 is 32.0 Å². The Labute approximate surface area is 403 Å². The maximum Gasteiger partial charge on any atom is 0.297 e. The maximum absolute atomic E-state index is 14.9. The highest BCUT2D eigenvalue weighted by Crippen LogP contribution is 2.50. The molecule has 14 nitrogen and oxygen atoms in total. The van der Waals surface area contributed by atoms with Crippen LogP contribution < -0.4 is 24.4 Å². The average molecular weight is 962 g/mol. The van der Waals surface area contributed by atoms with E-state index in [9.17, 15) is 27.7 Å². The number of carbonyl (C=O) groups is 1. The van der Waals surface area contributed by atoms with Gasteiger partial charge in [0.05, 0.1) is 32.5 Å². The van der Waals surface area contributed by atoms with Crippen molar-refractivity contribution in [3.05, 3.63) is 105 Å². The molecule has 16 heteroatoms. The molecule has 4 fully saturated rings. The van der Waals surface area contributed by atoms with Crippen molar-refractivity contribution in [1.29, 1.82) is 0 Å². The summed E-state index contributed by atoms with van der Waals surface area (Å²) in [6.45, 7) is 14.9. The first-order chi connectivity index (χ1) is 33.0. The molecule has 69 heavy (non-hydrogen) atoms. The zero-order valence-corrected chi connectivity index (χ0v) is 41.1. The van der Waals surface area contributed by atoms with Crippen molar-refractivity contribution in [2.24, 2.45) is 16.7 Å². The third-order valence-electron chi connectivity index (χ3n) is 16.1. The lowest BCUT2D eigenvalue weighted by Crippen LogP contribution is -2.63. The fourth-order valence-corrected chi connectivity index (χ4v) is 13.0. The Kier molecular flexibility index (Phi) is 12.4. The first-order valence-electron chi connectivity index (χ1n) is 24.9. The average Bonchev–Trinajstić information content (AvgIpc) is 3.96. The molecule has 0 bridgehead atoms. The number of anilines is 2. The van der Waals surface area contributed by atoms with Crippen LogP contribution in [0, 0.1) is 32.7 Å². The standard InChI is InChI=1S/C53H64FN7O7S/c1-6-42-47(27-40-41(54)28-55-50(40)57-42)68-46-24-34(59-22-20-53(21-23-59)30-60(31-53)44-13-9-12-38(44)37-11-8-7-10-36(37)32(2)3)14-15-39(46)51(62)58-69(65,66)35-25-45(61(63)64)49-48(26-35)67-29-43(56-49)33-16-18-52(4,5)19-17-33/h7-8,10-11,14-15,24-28,32-33,38,43-44,56H,6,9,12-13,16-23,29-31H2,1-5H3,(H,55,57)(H,58,62)/t38-,43-,44-/m1/s1. The van der Waals surface area contributed by atoms with Crippen LogP contribution in [0.25, 0.3) is 11.0 Å². The van der Waals surface area contributed by atoms with Crippen LogP contribution in [-0.2, 0) is 16.4 Å². The van der Waals surface area contributed by atoms with Gasteiger partial charge < -0.3 is 24.7 Å². The second kappa shape index (κ2) is 18.2. The number of likely N-dealkylation sites (tertiary alicyclic amines) is 1. The number of aromatic nitrogens is 2. The maximum atomic E-state index is 14.9. The molecule has 5 aromatic rings. The van der Waals surface area contributed by atoms with Crippen LogP contribution >= 0.6 is 0 Å². The fraction of sp³-hybridized carbons (Fsp3) is 0.509. The number of hydrogen-bond donors (Lipinski definition) is 3.